The fourth-order valence-electron chi connectivity index (χ4n) is 3.16. The van der Waals surface area contributed by atoms with E-state index in [-0.39, 0.29) is 0 Å². The van der Waals surface area contributed by atoms with Crippen molar-refractivity contribution in [3.63, 3.8) is 0 Å². The highest BCUT2D eigenvalue weighted by Crippen LogP contribution is 2.39. The monoisotopic (exact) mass is 394 g/mol. The number of aromatic nitrogens is 6. The van der Waals surface area contributed by atoms with Crippen LogP contribution >= 0.6 is 11.8 Å². The van der Waals surface area contributed by atoms with Crippen molar-refractivity contribution in [1.82, 2.24) is 30.1 Å². The zero-order valence-corrected chi connectivity index (χ0v) is 16.3. The van der Waals surface area contributed by atoms with Crippen molar-refractivity contribution in [2.75, 3.05) is 0 Å². The van der Waals surface area contributed by atoms with E-state index >= 15 is 0 Å². The lowest BCUT2D eigenvalue weighted by Gasteiger charge is -2.04. The highest BCUT2D eigenvalue weighted by atomic mass is 32.2. The fraction of sp³-hybridized carbons (Fsp3) is 0.316. The van der Waals surface area contributed by atoms with Crippen molar-refractivity contribution in [3.8, 4) is 22.7 Å². The summed E-state index contributed by atoms with van der Waals surface area (Å²) in [5, 5.41) is 22.0. The van der Waals surface area contributed by atoms with Gasteiger partial charge in [-0.1, -0.05) is 47.3 Å². The molecule has 0 spiro atoms. The zero-order valence-electron chi connectivity index (χ0n) is 15.5. The van der Waals surface area contributed by atoms with Gasteiger partial charge in [0.05, 0.1) is 5.75 Å². The molecule has 1 aliphatic rings. The van der Waals surface area contributed by atoms with Gasteiger partial charge in [-0.2, -0.15) is 0 Å². The van der Waals surface area contributed by atoms with Gasteiger partial charge in [0.2, 0.25) is 5.89 Å². The normalized spacial score (nSPS) is 13.9. The minimum Gasteiger partial charge on any atom is -0.420 e. The third-order valence-corrected chi connectivity index (χ3v) is 5.59. The lowest BCUT2D eigenvalue weighted by atomic mass is 10.1. The van der Waals surface area contributed by atoms with E-state index in [1.165, 1.54) is 12.8 Å². The largest absolute Gasteiger partial charge is 0.420 e. The smallest absolute Gasteiger partial charge is 0.253 e. The molecule has 0 saturated heterocycles. The highest BCUT2D eigenvalue weighted by molar-refractivity contribution is 7.98. The van der Waals surface area contributed by atoms with Gasteiger partial charge in [-0.3, -0.25) is 0 Å². The molecule has 0 bridgehead atoms. The van der Waals surface area contributed by atoms with Crippen molar-refractivity contribution in [2.45, 2.75) is 43.6 Å². The Balaban J connectivity index is 1.38. The van der Waals surface area contributed by atoms with Gasteiger partial charge in [0.25, 0.3) is 5.89 Å². The molecule has 0 amide bonds. The minimum absolute atomic E-state index is 0.410. The average Bonchev–Trinajstić information content (AvgIpc) is 3.13. The van der Waals surface area contributed by atoms with Crippen LogP contribution in [0.4, 0.5) is 0 Å². The summed E-state index contributed by atoms with van der Waals surface area (Å²) in [4.78, 5) is 0. The van der Waals surface area contributed by atoms with Gasteiger partial charge in [-0.15, -0.1) is 20.4 Å². The van der Waals surface area contributed by atoms with Crippen LogP contribution in [0.5, 0.6) is 0 Å². The van der Waals surface area contributed by atoms with E-state index in [1.807, 2.05) is 44.2 Å². The molecule has 1 fully saturated rings. The van der Waals surface area contributed by atoms with Gasteiger partial charge >= 0.3 is 0 Å². The number of benzene rings is 1. The van der Waals surface area contributed by atoms with Gasteiger partial charge in [0.1, 0.15) is 22.8 Å². The molecule has 9 heteroatoms. The van der Waals surface area contributed by atoms with Crippen LogP contribution in [0.1, 0.15) is 36.4 Å². The standard InChI is InChI=1S/C19H18N6O2S/c1-11-16(17(24-27-11)13-6-4-3-5-7-13)18-22-21-15(26-18)10-28-19-23-20-12(2)25(19)14-8-9-14/h3-7,14H,8-10H2,1-2H3. The number of rotatable bonds is 6. The second-order valence-electron chi connectivity index (χ2n) is 6.75. The Morgan fingerprint density at radius 2 is 1.89 bits per heavy atom. The summed E-state index contributed by atoms with van der Waals surface area (Å²) < 4.78 is 13.5. The molecule has 0 atom stereocenters. The molecule has 1 aliphatic carbocycles. The van der Waals surface area contributed by atoms with Gasteiger partial charge in [-0.05, 0) is 26.7 Å². The Bertz CT molecular complexity index is 1110. The molecule has 3 heterocycles. The fourth-order valence-corrected chi connectivity index (χ4v) is 4.05. The quantitative estimate of drug-likeness (QED) is 0.448. The van der Waals surface area contributed by atoms with Crippen molar-refractivity contribution in [2.24, 2.45) is 0 Å². The van der Waals surface area contributed by atoms with Gasteiger partial charge in [0, 0.05) is 11.6 Å². The van der Waals surface area contributed by atoms with Crippen LogP contribution in [0.15, 0.2) is 44.4 Å². The minimum atomic E-state index is 0.410. The number of hydrogen-bond acceptors (Lipinski definition) is 8. The van der Waals surface area contributed by atoms with Crippen LogP contribution in [-0.2, 0) is 5.75 Å². The van der Waals surface area contributed by atoms with Crippen LogP contribution in [0.3, 0.4) is 0 Å². The van der Waals surface area contributed by atoms with Crippen LogP contribution in [0.25, 0.3) is 22.7 Å². The van der Waals surface area contributed by atoms with E-state index in [0.717, 1.165) is 22.1 Å². The first-order chi connectivity index (χ1) is 13.7. The maximum Gasteiger partial charge on any atom is 0.253 e. The summed E-state index contributed by atoms with van der Waals surface area (Å²) in [7, 11) is 0. The predicted molar refractivity (Wildman–Crippen MR) is 103 cm³/mol. The summed E-state index contributed by atoms with van der Waals surface area (Å²) in [5.74, 6) is 3.06. The zero-order chi connectivity index (χ0) is 19.1. The van der Waals surface area contributed by atoms with E-state index in [0.29, 0.717) is 35.0 Å². The Hall–Kier alpha value is -2.94. The van der Waals surface area contributed by atoms with Crippen LogP contribution in [-0.4, -0.2) is 30.1 Å². The molecule has 142 valence electrons. The maximum absolute atomic E-state index is 5.92. The van der Waals surface area contributed by atoms with Crippen LogP contribution in [0, 0.1) is 13.8 Å². The lowest BCUT2D eigenvalue weighted by Crippen LogP contribution is -1.99. The molecule has 1 aromatic carbocycles. The molecule has 0 aliphatic heterocycles. The summed E-state index contributed by atoms with van der Waals surface area (Å²) in [5.41, 5.74) is 2.37. The van der Waals surface area contributed by atoms with Crippen LogP contribution in [0.2, 0.25) is 0 Å². The van der Waals surface area contributed by atoms with Gasteiger partial charge in [0.15, 0.2) is 5.16 Å². The highest BCUT2D eigenvalue weighted by Gasteiger charge is 2.28. The Labute approximate surface area is 165 Å². The number of aryl methyl sites for hydroxylation is 2. The second-order valence-corrected chi connectivity index (χ2v) is 7.69. The average molecular weight is 394 g/mol. The van der Waals surface area contributed by atoms with Gasteiger partial charge in [-0.25, -0.2) is 0 Å². The van der Waals surface area contributed by atoms with E-state index in [1.54, 1.807) is 11.8 Å². The van der Waals surface area contributed by atoms with E-state index in [4.69, 9.17) is 8.94 Å². The van der Waals surface area contributed by atoms with Crippen molar-refractivity contribution >= 4 is 11.8 Å². The van der Waals surface area contributed by atoms with Crippen molar-refractivity contribution in [1.29, 1.82) is 0 Å². The Kier molecular flexibility index (Phi) is 4.23. The topological polar surface area (TPSA) is 95.7 Å². The SMILES string of the molecule is Cc1onc(-c2ccccc2)c1-c1nnc(CSc2nnc(C)n2C2CC2)o1. The first kappa shape index (κ1) is 17.2. The molecule has 1 saturated carbocycles. The lowest BCUT2D eigenvalue weighted by molar-refractivity contribution is 0.399. The third-order valence-electron chi connectivity index (χ3n) is 4.66. The number of nitrogens with zero attached hydrogens (tertiary/aromatic N) is 6. The summed E-state index contributed by atoms with van der Waals surface area (Å²) in [6, 6.07) is 10.3. The summed E-state index contributed by atoms with van der Waals surface area (Å²) in [6.45, 7) is 3.83. The van der Waals surface area contributed by atoms with E-state index in [9.17, 15) is 0 Å². The first-order valence-corrected chi connectivity index (χ1v) is 10.1. The number of thioether (sulfide) groups is 1. The van der Waals surface area contributed by atoms with Gasteiger partial charge < -0.3 is 13.5 Å². The first-order valence-electron chi connectivity index (χ1n) is 9.09. The molecule has 0 N–H and O–H groups in total. The Morgan fingerprint density at radius 1 is 1.07 bits per heavy atom. The maximum atomic E-state index is 5.92. The molecule has 4 aromatic rings. The van der Waals surface area contributed by atoms with E-state index in [2.05, 4.69) is 30.1 Å². The molecular formula is C19H18N6O2S. The molecule has 0 unspecified atom stereocenters. The third kappa shape index (κ3) is 3.11. The molecule has 3 aromatic heterocycles. The van der Waals surface area contributed by atoms with Crippen LogP contribution < -0.4 is 0 Å². The molecule has 0 radical (unpaired) electrons. The van der Waals surface area contributed by atoms with E-state index < -0.39 is 0 Å². The second kappa shape index (κ2) is 6.90. The molecular weight excluding hydrogens is 376 g/mol. The number of hydrogen-bond donors (Lipinski definition) is 0. The Morgan fingerprint density at radius 3 is 2.68 bits per heavy atom. The summed E-state index contributed by atoms with van der Waals surface area (Å²) in [6.07, 6.45) is 2.37. The predicted octanol–water partition coefficient (Wildman–Crippen LogP) is 4.23. The molecule has 5 rings (SSSR count). The van der Waals surface area contributed by atoms with Crippen molar-refractivity contribution in [3.05, 3.63) is 47.8 Å². The summed E-state index contributed by atoms with van der Waals surface area (Å²) >= 11 is 1.56. The van der Waals surface area contributed by atoms with Crippen molar-refractivity contribution < 1.29 is 8.94 Å². The molecule has 8 nitrogen and oxygen atoms in total. The molecule has 28 heavy (non-hydrogen) atoms.